The summed E-state index contributed by atoms with van der Waals surface area (Å²) in [6, 6.07) is 16.9. The smallest absolute Gasteiger partial charge is 0.266 e. The number of rotatable bonds is 4. The minimum atomic E-state index is -0.102. The van der Waals surface area contributed by atoms with Crippen molar-refractivity contribution in [1.29, 1.82) is 5.26 Å². The predicted molar refractivity (Wildman–Crippen MR) is 112 cm³/mol. The summed E-state index contributed by atoms with van der Waals surface area (Å²) in [6.07, 6.45) is 1.72. The number of carbonyl (C=O) groups is 1. The molecule has 1 aromatic carbocycles. The molecule has 1 saturated heterocycles. The van der Waals surface area contributed by atoms with Crippen LogP contribution in [0.4, 0.5) is 0 Å². The lowest BCUT2D eigenvalue weighted by Crippen LogP contribution is -2.26. The first-order chi connectivity index (χ1) is 13.1. The highest BCUT2D eigenvalue weighted by Gasteiger charge is 2.32. The highest BCUT2D eigenvalue weighted by atomic mass is 32.2. The lowest BCUT2D eigenvalue weighted by molar-refractivity contribution is -0.122. The number of carbonyl (C=O) groups excluding carboxylic acids is 1. The molecule has 3 aromatic rings. The van der Waals surface area contributed by atoms with Crippen LogP contribution in [0.25, 0.3) is 17.4 Å². The van der Waals surface area contributed by atoms with Crippen LogP contribution in [0.15, 0.2) is 63.2 Å². The van der Waals surface area contributed by atoms with Crippen molar-refractivity contribution in [3.63, 3.8) is 0 Å². The molecule has 3 heterocycles. The van der Waals surface area contributed by atoms with Gasteiger partial charge >= 0.3 is 0 Å². The zero-order valence-corrected chi connectivity index (χ0v) is 16.4. The molecule has 1 aliphatic rings. The highest BCUT2D eigenvalue weighted by molar-refractivity contribution is 8.26. The fourth-order valence-corrected chi connectivity index (χ4v) is 4.55. The summed E-state index contributed by atoms with van der Waals surface area (Å²) in [6.45, 7) is 0.494. The Kier molecular flexibility index (Phi) is 4.94. The first-order valence-corrected chi connectivity index (χ1v) is 10.1. The average Bonchev–Trinajstić information content (AvgIpc) is 3.41. The third kappa shape index (κ3) is 3.74. The Bertz CT molecular complexity index is 1070. The zero-order valence-electron chi connectivity index (χ0n) is 13.9. The van der Waals surface area contributed by atoms with Crippen LogP contribution in [0.1, 0.15) is 16.2 Å². The molecule has 1 aliphatic heterocycles. The second-order valence-electron chi connectivity index (χ2n) is 5.74. The van der Waals surface area contributed by atoms with Gasteiger partial charge in [0.05, 0.1) is 23.1 Å². The molecule has 0 atom stereocenters. The molecule has 0 unspecified atom stereocenters. The molecule has 0 bridgehead atoms. The SMILES string of the molecule is N#Cc1ccc(-c2ccc(C=C3SC(=S)N(Cc4cccs4)C3=O)o2)cc1. The molecule has 4 rings (SSSR count). The van der Waals surface area contributed by atoms with Gasteiger partial charge in [-0.15, -0.1) is 11.3 Å². The van der Waals surface area contributed by atoms with E-state index in [1.54, 1.807) is 34.4 Å². The zero-order chi connectivity index (χ0) is 18.8. The molecule has 0 N–H and O–H groups in total. The molecule has 4 nitrogen and oxygen atoms in total. The molecule has 1 fully saturated rings. The number of thiophene rings is 1. The summed E-state index contributed by atoms with van der Waals surface area (Å²) in [7, 11) is 0. The van der Waals surface area contributed by atoms with Crippen molar-refractivity contribution >= 4 is 51.6 Å². The normalized spacial score (nSPS) is 15.5. The van der Waals surface area contributed by atoms with Crippen LogP contribution in [0.3, 0.4) is 0 Å². The van der Waals surface area contributed by atoms with Gasteiger partial charge in [-0.05, 0) is 47.8 Å². The fraction of sp³-hybridized carbons (Fsp3) is 0.0500. The average molecular weight is 409 g/mol. The van der Waals surface area contributed by atoms with Gasteiger partial charge in [0.15, 0.2) is 0 Å². The van der Waals surface area contributed by atoms with Gasteiger partial charge in [-0.3, -0.25) is 9.69 Å². The van der Waals surface area contributed by atoms with Crippen molar-refractivity contribution in [2.75, 3.05) is 0 Å². The Hall–Kier alpha value is -2.66. The molecular weight excluding hydrogens is 396 g/mol. The van der Waals surface area contributed by atoms with E-state index >= 15 is 0 Å². The monoisotopic (exact) mass is 408 g/mol. The Morgan fingerprint density at radius 3 is 2.70 bits per heavy atom. The van der Waals surface area contributed by atoms with E-state index in [9.17, 15) is 4.79 Å². The summed E-state index contributed by atoms with van der Waals surface area (Å²) >= 11 is 8.25. The number of benzene rings is 1. The molecule has 2 aromatic heterocycles. The maximum Gasteiger partial charge on any atom is 0.266 e. The first kappa shape index (κ1) is 17.7. The van der Waals surface area contributed by atoms with Gasteiger partial charge in [0.2, 0.25) is 0 Å². The van der Waals surface area contributed by atoms with E-state index in [1.807, 2.05) is 41.8 Å². The number of thiocarbonyl (C=S) groups is 1. The summed E-state index contributed by atoms with van der Waals surface area (Å²) in [5, 5.41) is 10.9. The summed E-state index contributed by atoms with van der Waals surface area (Å²) < 4.78 is 6.40. The summed E-state index contributed by atoms with van der Waals surface area (Å²) in [5.74, 6) is 1.17. The van der Waals surface area contributed by atoms with Crippen molar-refractivity contribution in [3.05, 3.63) is 75.0 Å². The minimum Gasteiger partial charge on any atom is -0.457 e. The van der Waals surface area contributed by atoms with Crippen LogP contribution in [0.2, 0.25) is 0 Å². The van der Waals surface area contributed by atoms with E-state index in [0.29, 0.717) is 32.9 Å². The molecular formula is C20H12N2O2S3. The summed E-state index contributed by atoms with van der Waals surface area (Å²) in [5.41, 5.74) is 1.47. The second kappa shape index (κ2) is 7.53. The van der Waals surface area contributed by atoms with Crippen LogP contribution in [0, 0.1) is 11.3 Å². The van der Waals surface area contributed by atoms with Crippen molar-refractivity contribution in [1.82, 2.24) is 4.90 Å². The van der Waals surface area contributed by atoms with E-state index < -0.39 is 0 Å². The van der Waals surface area contributed by atoms with Crippen molar-refractivity contribution < 1.29 is 9.21 Å². The third-order valence-corrected chi connectivity index (χ3v) is 6.21. The van der Waals surface area contributed by atoms with Crippen molar-refractivity contribution in [2.45, 2.75) is 6.54 Å². The number of thioether (sulfide) groups is 1. The summed E-state index contributed by atoms with van der Waals surface area (Å²) in [4.78, 5) is 15.9. The van der Waals surface area contributed by atoms with Gasteiger partial charge in [-0.1, -0.05) is 30.0 Å². The second-order valence-corrected chi connectivity index (χ2v) is 8.45. The maximum absolute atomic E-state index is 12.7. The largest absolute Gasteiger partial charge is 0.457 e. The van der Waals surface area contributed by atoms with E-state index in [2.05, 4.69) is 6.07 Å². The van der Waals surface area contributed by atoms with Gasteiger partial charge in [-0.2, -0.15) is 5.26 Å². The number of nitriles is 1. The topological polar surface area (TPSA) is 57.2 Å². The van der Waals surface area contributed by atoms with Crippen LogP contribution in [-0.2, 0) is 11.3 Å². The molecule has 27 heavy (non-hydrogen) atoms. The van der Waals surface area contributed by atoms with Gasteiger partial charge in [-0.25, -0.2) is 0 Å². The Morgan fingerprint density at radius 1 is 1.19 bits per heavy atom. The van der Waals surface area contributed by atoms with Crippen LogP contribution >= 0.6 is 35.3 Å². The quantitative estimate of drug-likeness (QED) is 0.434. The van der Waals surface area contributed by atoms with E-state index in [-0.39, 0.29) is 5.91 Å². The Morgan fingerprint density at radius 2 is 2.00 bits per heavy atom. The first-order valence-electron chi connectivity index (χ1n) is 8.02. The van der Waals surface area contributed by atoms with E-state index in [4.69, 9.17) is 21.9 Å². The lowest BCUT2D eigenvalue weighted by atomic mass is 10.1. The lowest BCUT2D eigenvalue weighted by Gasteiger charge is -2.12. The van der Waals surface area contributed by atoms with Crippen LogP contribution in [-0.4, -0.2) is 15.1 Å². The number of hydrogen-bond donors (Lipinski definition) is 0. The van der Waals surface area contributed by atoms with Crippen LogP contribution < -0.4 is 0 Å². The van der Waals surface area contributed by atoms with Gasteiger partial charge in [0, 0.05) is 16.5 Å². The molecule has 0 saturated carbocycles. The minimum absolute atomic E-state index is 0.102. The van der Waals surface area contributed by atoms with E-state index in [0.717, 1.165) is 10.4 Å². The Balaban J connectivity index is 1.53. The molecule has 7 heteroatoms. The number of hydrogen-bond acceptors (Lipinski definition) is 6. The molecule has 0 spiro atoms. The maximum atomic E-state index is 12.7. The van der Waals surface area contributed by atoms with E-state index in [1.165, 1.54) is 11.8 Å². The van der Waals surface area contributed by atoms with Gasteiger partial charge < -0.3 is 4.42 Å². The van der Waals surface area contributed by atoms with Gasteiger partial charge in [0.1, 0.15) is 15.8 Å². The molecule has 132 valence electrons. The molecule has 1 amide bonds. The number of amides is 1. The van der Waals surface area contributed by atoms with Crippen LogP contribution in [0.5, 0.6) is 0 Å². The number of furan rings is 1. The molecule has 0 aliphatic carbocycles. The fourth-order valence-electron chi connectivity index (χ4n) is 2.62. The molecule has 0 radical (unpaired) electrons. The third-order valence-electron chi connectivity index (χ3n) is 3.97. The highest BCUT2D eigenvalue weighted by Crippen LogP contribution is 2.35. The standard InChI is InChI=1S/C20H12N2O2S3/c21-11-13-3-5-14(6-4-13)17-8-7-15(24-17)10-18-19(23)22(20(25)27-18)12-16-2-1-9-26-16/h1-10H,12H2. The van der Waals surface area contributed by atoms with Gasteiger partial charge in [0.25, 0.3) is 5.91 Å². The number of nitrogens with zero attached hydrogens (tertiary/aromatic N) is 2. The predicted octanol–water partition coefficient (Wildman–Crippen LogP) is 5.28. The Labute approximate surface area is 169 Å². The van der Waals surface area contributed by atoms with Crippen molar-refractivity contribution in [3.8, 4) is 17.4 Å². The van der Waals surface area contributed by atoms with Crippen molar-refractivity contribution in [2.24, 2.45) is 0 Å².